The maximum Gasteiger partial charge on any atom is 0.231 e. The molecule has 4 nitrogen and oxygen atoms in total. The van der Waals surface area contributed by atoms with Gasteiger partial charge in [0.2, 0.25) is 11.8 Å². The topological polar surface area (TPSA) is 40.6 Å². The Morgan fingerprint density at radius 3 is 2.75 bits per heavy atom. The van der Waals surface area contributed by atoms with E-state index >= 15 is 0 Å². The van der Waals surface area contributed by atoms with Crippen molar-refractivity contribution in [3.8, 4) is 0 Å². The number of hydrogen-bond donors (Lipinski definition) is 0. The molecule has 1 aromatic rings. The number of benzene rings is 1. The molecular weight excluding hydrogens is 300 g/mol. The van der Waals surface area contributed by atoms with Gasteiger partial charge in [-0.05, 0) is 37.7 Å². The number of hydrogen-bond acceptors (Lipinski definition) is 2. The highest BCUT2D eigenvalue weighted by atomic mass is 16.2. The van der Waals surface area contributed by atoms with Gasteiger partial charge in [-0.25, -0.2) is 0 Å². The third-order valence-corrected chi connectivity index (χ3v) is 6.15. The largest absolute Gasteiger partial charge is 0.341 e. The number of nitrogens with zero attached hydrogens (tertiary/aromatic N) is 2. The molecule has 3 fully saturated rings. The van der Waals surface area contributed by atoms with Crippen LogP contribution in [-0.4, -0.2) is 41.2 Å². The van der Waals surface area contributed by atoms with Gasteiger partial charge in [-0.1, -0.05) is 36.8 Å². The molecule has 4 heteroatoms. The lowest BCUT2D eigenvalue weighted by atomic mass is 9.85. The first-order valence-electron chi connectivity index (χ1n) is 9.12. The van der Waals surface area contributed by atoms with Crippen LogP contribution >= 0.6 is 0 Å². The van der Waals surface area contributed by atoms with Crippen LogP contribution in [0.15, 0.2) is 24.3 Å². The molecule has 2 aliphatic heterocycles. The first-order valence-corrected chi connectivity index (χ1v) is 9.12. The Morgan fingerprint density at radius 1 is 1.29 bits per heavy atom. The zero-order valence-electron chi connectivity index (χ0n) is 14.6. The van der Waals surface area contributed by atoms with E-state index in [1.807, 2.05) is 15.9 Å². The van der Waals surface area contributed by atoms with Crippen molar-refractivity contribution in [3.05, 3.63) is 35.4 Å². The molecular formula is C20H26N2O2. The van der Waals surface area contributed by atoms with E-state index in [-0.39, 0.29) is 23.1 Å². The van der Waals surface area contributed by atoms with Gasteiger partial charge < -0.3 is 9.80 Å². The van der Waals surface area contributed by atoms with Gasteiger partial charge in [0.1, 0.15) is 0 Å². The van der Waals surface area contributed by atoms with Crippen LogP contribution in [0.5, 0.6) is 0 Å². The molecule has 1 saturated carbocycles. The molecule has 3 aliphatic rings. The zero-order chi connectivity index (χ0) is 16.9. The van der Waals surface area contributed by atoms with Crippen molar-refractivity contribution in [1.29, 1.82) is 0 Å². The number of aryl methyl sites for hydroxylation is 1. The molecule has 1 spiro atoms. The van der Waals surface area contributed by atoms with Gasteiger partial charge in [0, 0.05) is 32.1 Å². The highest BCUT2D eigenvalue weighted by Gasteiger charge is 2.53. The van der Waals surface area contributed by atoms with E-state index in [4.69, 9.17) is 0 Å². The lowest BCUT2D eigenvalue weighted by Crippen LogP contribution is -2.38. The SMILES string of the molecule is Cc1cccc(CN2CC[C@]3(CCN(C(=O)[C@H]4C[C@@H]4C)C3)C2=O)c1. The van der Waals surface area contributed by atoms with Crippen LogP contribution in [0, 0.1) is 24.2 Å². The van der Waals surface area contributed by atoms with Crippen molar-refractivity contribution in [2.75, 3.05) is 19.6 Å². The monoisotopic (exact) mass is 326 g/mol. The smallest absolute Gasteiger partial charge is 0.231 e. The third kappa shape index (κ3) is 2.62. The van der Waals surface area contributed by atoms with Crippen LogP contribution in [0.3, 0.4) is 0 Å². The minimum absolute atomic E-state index is 0.222. The van der Waals surface area contributed by atoms with Gasteiger partial charge >= 0.3 is 0 Å². The average Bonchev–Trinajstić information content (AvgIpc) is 3.02. The molecule has 2 heterocycles. The second-order valence-electron chi connectivity index (χ2n) is 8.08. The van der Waals surface area contributed by atoms with Crippen molar-refractivity contribution < 1.29 is 9.59 Å². The summed E-state index contributed by atoms with van der Waals surface area (Å²) < 4.78 is 0. The quantitative estimate of drug-likeness (QED) is 0.857. The van der Waals surface area contributed by atoms with E-state index in [0.29, 0.717) is 19.0 Å². The van der Waals surface area contributed by atoms with E-state index in [0.717, 1.165) is 32.4 Å². The summed E-state index contributed by atoms with van der Waals surface area (Å²) in [7, 11) is 0. The molecule has 0 aromatic heterocycles. The van der Waals surface area contributed by atoms with Crippen LogP contribution in [0.2, 0.25) is 0 Å². The maximum atomic E-state index is 13.0. The van der Waals surface area contributed by atoms with Gasteiger partial charge in [-0.3, -0.25) is 9.59 Å². The molecule has 0 unspecified atom stereocenters. The molecule has 3 atom stereocenters. The van der Waals surface area contributed by atoms with Crippen LogP contribution in [0.4, 0.5) is 0 Å². The summed E-state index contributed by atoms with van der Waals surface area (Å²) in [5.41, 5.74) is 2.11. The molecule has 0 radical (unpaired) electrons. The van der Waals surface area contributed by atoms with Gasteiger partial charge in [0.15, 0.2) is 0 Å². The summed E-state index contributed by atoms with van der Waals surface area (Å²) in [6.45, 7) is 7.11. The van der Waals surface area contributed by atoms with Gasteiger partial charge in [0.25, 0.3) is 0 Å². The fourth-order valence-electron chi connectivity index (χ4n) is 4.41. The van der Waals surface area contributed by atoms with E-state index in [9.17, 15) is 9.59 Å². The Bertz CT molecular complexity index is 686. The lowest BCUT2D eigenvalue weighted by molar-refractivity contribution is -0.137. The van der Waals surface area contributed by atoms with E-state index in [1.54, 1.807) is 0 Å². The van der Waals surface area contributed by atoms with Crippen molar-refractivity contribution in [2.45, 2.75) is 39.7 Å². The highest BCUT2D eigenvalue weighted by molar-refractivity contribution is 5.88. The summed E-state index contributed by atoms with van der Waals surface area (Å²) in [6.07, 6.45) is 2.75. The summed E-state index contributed by atoms with van der Waals surface area (Å²) in [4.78, 5) is 29.4. The van der Waals surface area contributed by atoms with Crippen molar-refractivity contribution in [3.63, 3.8) is 0 Å². The summed E-state index contributed by atoms with van der Waals surface area (Å²) in [5.74, 6) is 1.29. The van der Waals surface area contributed by atoms with E-state index in [1.165, 1.54) is 11.1 Å². The molecule has 24 heavy (non-hydrogen) atoms. The third-order valence-electron chi connectivity index (χ3n) is 6.15. The first-order chi connectivity index (χ1) is 11.5. The fraction of sp³-hybridized carbons (Fsp3) is 0.600. The van der Waals surface area contributed by atoms with Crippen LogP contribution < -0.4 is 0 Å². The fourth-order valence-corrected chi connectivity index (χ4v) is 4.41. The summed E-state index contributed by atoms with van der Waals surface area (Å²) in [5, 5.41) is 0. The average molecular weight is 326 g/mol. The Hall–Kier alpha value is -1.84. The molecule has 128 valence electrons. The molecule has 0 bridgehead atoms. The van der Waals surface area contributed by atoms with Crippen molar-refractivity contribution in [2.24, 2.45) is 17.3 Å². The standard InChI is InChI=1S/C20H26N2O2/c1-14-4-3-5-16(10-14)12-21-8-6-20(19(21)24)7-9-22(13-20)18(23)17-11-15(17)2/h3-5,10,15,17H,6-9,11-13H2,1-2H3/t15-,17-,20+/m0/s1. The van der Waals surface area contributed by atoms with Gasteiger partial charge in [-0.2, -0.15) is 0 Å². The maximum absolute atomic E-state index is 13.0. The minimum atomic E-state index is -0.308. The van der Waals surface area contributed by atoms with Gasteiger partial charge in [-0.15, -0.1) is 0 Å². The number of likely N-dealkylation sites (tertiary alicyclic amines) is 2. The minimum Gasteiger partial charge on any atom is -0.341 e. The summed E-state index contributed by atoms with van der Waals surface area (Å²) in [6, 6.07) is 8.37. The summed E-state index contributed by atoms with van der Waals surface area (Å²) >= 11 is 0. The lowest BCUT2D eigenvalue weighted by Gasteiger charge is -2.24. The molecule has 2 amide bonds. The Balaban J connectivity index is 1.42. The second-order valence-corrected chi connectivity index (χ2v) is 8.08. The number of carbonyl (C=O) groups excluding carboxylic acids is 2. The number of carbonyl (C=O) groups is 2. The first kappa shape index (κ1) is 15.7. The van der Waals surface area contributed by atoms with Gasteiger partial charge in [0.05, 0.1) is 5.41 Å². The highest BCUT2D eigenvalue weighted by Crippen LogP contribution is 2.45. The Kier molecular flexibility index (Phi) is 3.66. The molecule has 1 aliphatic carbocycles. The van der Waals surface area contributed by atoms with E-state index in [2.05, 4.69) is 32.0 Å². The van der Waals surface area contributed by atoms with Crippen LogP contribution in [0.1, 0.15) is 37.3 Å². The number of rotatable bonds is 3. The Labute approximate surface area is 143 Å². The molecule has 2 saturated heterocycles. The van der Waals surface area contributed by atoms with Crippen molar-refractivity contribution in [1.82, 2.24) is 9.80 Å². The zero-order valence-corrected chi connectivity index (χ0v) is 14.6. The molecule has 4 rings (SSSR count). The number of amides is 2. The van der Waals surface area contributed by atoms with Crippen LogP contribution in [0.25, 0.3) is 0 Å². The normalized spacial score (nSPS) is 32.0. The van der Waals surface area contributed by atoms with E-state index < -0.39 is 0 Å². The van der Waals surface area contributed by atoms with Crippen molar-refractivity contribution >= 4 is 11.8 Å². The Morgan fingerprint density at radius 2 is 2.04 bits per heavy atom. The second kappa shape index (κ2) is 5.61. The predicted molar refractivity (Wildman–Crippen MR) is 92.1 cm³/mol. The predicted octanol–water partition coefficient (Wildman–Crippen LogP) is 2.60. The van der Waals surface area contributed by atoms with Crippen LogP contribution in [-0.2, 0) is 16.1 Å². The molecule has 1 aromatic carbocycles. The molecule has 0 N–H and O–H groups in total.